The molecule has 1 aliphatic rings. The molecule has 11 heavy (non-hydrogen) atoms. The van der Waals surface area contributed by atoms with Crippen molar-refractivity contribution in [2.75, 3.05) is 5.33 Å². The average molecular weight is 215 g/mol. The Bertz CT molecular complexity index is 266. The van der Waals surface area contributed by atoms with Gasteiger partial charge in [0, 0.05) is 5.33 Å². The minimum absolute atomic E-state index is 0.240. The summed E-state index contributed by atoms with van der Waals surface area (Å²) < 4.78 is 0. The Hall–Kier alpha value is -0.900. The predicted molar refractivity (Wildman–Crippen MR) is 48.0 cm³/mol. The second kappa shape index (κ2) is 3.48. The monoisotopic (exact) mass is 214 g/mol. The molecule has 0 aliphatic heterocycles. The molecule has 0 atom stereocenters. The summed E-state index contributed by atoms with van der Waals surface area (Å²) in [4.78, 5) is 0. The molecule has 0 radical (unpaired) electrons. The highest BCUT2D eigenvalue weighted by molar-refractivity contribution is 9.09. The van der Waals surface area contributed by atoms with Crippen LogP contribution in [0.2, 0.25) is 0 Å². The number of oxime groups is 1. The first-order valence-corrected chi connectivity index (χ1v) is 4.15. The average Bonchev–Trinajstić information content (AvgIpc) is 2.04. The number of rotatable bonds is 1. The molecule has 0 saturated carbocycles. The Morgan fingerprint density at radius 3 is 2.73 bits per heavy atom. The molecule has 58 valence electrons. The van der Waals surface area contributed by atoms with Gasteiger partial charge in [-0.1, -0.05) is 27.2 Å². The molecule has 0 saturated heterocycles. The van der Waals surface area contributed by atoms with Gasteiger partial charge < -0.3 is 5.21 Å². The molecule has 0 heterocycles. The van der Waals surface area contributed by atoms with E-state index >= 15 is 0 Å². The molecule has 1 aliphatic carbocycles. The molecular formula is C7H7BrN2O. The zero-order valence-corrected chi connectivity index (χ0v) is 7.30. The van der Waals surface area contributed by atoms with E-state index in [2.05, 4.69) is 21.1 Å². The van der Waals surface area contributed by atoms with Gasteiger partial charge in [0.25, 0.3) is 0 Å². The molecular weight excluding hydrogens is 208 g/mol. The zero-order chi connectivity index (χ0) is 8.27. The Morgan fingerprint density at radius 2 is 2.27 bits per heavy atom. The molecule has 2 N–H and O–H groups in total. The lowest BCUT2D eigenvalue weighted by molar-refractivity contribution is 0.320. The summed E-state index contributed by atoms with van der Waals surface area (Å²) in [5.74, 6) is 0. The first-order chi connectivity index (χ1) is 5.27. The number of alkyl halides is 1. The van der Waals surface area contributed by atoms with Crippen molar-refractivity contribution in [1.29, 1.82) is 5.41 Å². The van der Waals surface area contributed by atoms with E-state index in [1.165, 1.54) is 0 Å². The van der Waals surface area contributed by atoms with Gasteiger partial charge in [0.05, 0.1) is 5.71 Å². The van der Waals surface area contributed by atoms with Crippen LogP contribution < -0.4 is 0 Å². The minimum Gasteiger partial charge on any atom is -0.410 e. The van der Waals surface area contributed by atoms with Crippen molar-refractivity contribution in [3.05, 3.63) is 23.8 Å². The second-order valence-corrected chi connectivity index (χ2v) is 2.65. The highest BCUT2D eigenvalue weighted by Crippen LogP contribution is 2.08. The number of allylic oxidation sites excluding steroid dienone is 4. The van der Waals surface area contributed by atoms with Crippen LogP contribution in [-0.4, -0.2) is 22.0 Å². The fourth-order valence-electron chi connectivity index (χ4n) is 0.754. The van der Waals surface area contributed by atoms with Gasteiger partial charge in [0.1, 0.15) is 5.71 Å². The zero-order valence-electron chi connectivity index (χ0n) is 5.71. The van der Waals surface area contributed by atoms with Crippen LogP contribution in [0.1, 0.15) is 0 Å². The van der Waals surface area contributed by atoms with Crippen LogP contribution in [0.25, 0.3) is 0 Å². The van der Waals surface area contributed by atoms with Crippen LogP contribution in [-0.2, 0) is 0 Å². The van der Waals surface area contributed by atoms with Gasteiger partial charge in [-0.2, -0.15) is 0 Å². The maximum Gasteiger partial charge on any atom is 0.127 e. The fraction of sp³-hybridized carbons (Fsp3) is 0.143. The molecule has 0 unspecified atom stereocenters. The molecule has 0 spiro atoms. The highest BCUT2D eigenvalue weighted by atomic mass is 79.9. The number of nitrogens with zero attached hydrogens (tertiary/aromatic N) is 1. The quantitative estimate of drug-likeness (QED) is 0.297. The van der Waals surface area contributed by atoms with Crippen molar-refractivity contribution in [3.8, 4) is 0 Å². The number of hydrogen-bond acceptors (Lipinski definition) is 3. The predicted octanol–water partition coefficient (Wildman–Crippen LogP) is 1.73. The molecule has 4 heteroatoms. The summed E-state index contributed by atoms with van der Waals surface area (Å²) in [5, 5.41) is 19.4. The normalized spacial score (nSPS) is 20.6. The Balaban J connectivity index is 2.88. The van der Waals surface area contributed by atoms with E-state index in [1.807, 2.05) is 6.08 Å². The number of hydrogen-bond donors (Lipinski definition) is 2. The maximum absolute atomic E-state index is 8.38. The molecule has 0 aromatic carbocycles. The van der Waals surface area contributed by atoms with Crippen LogP contribution in [0, 0.1) is 5.41 Å². The van der Waals surface area contributed by atoms with Gasteiger partial charge in [0.2, 0.25) is 0 Å². The number of nitrogens with one attached hydrogen (secondary N) is 1. The van der Waals surface area contributed by atoms with Gasteiger partial charge in [-0.3, -0.25) is 5.41 Å². The largest absolute Gasteiger partial charge is 0.410 e. The second-order valence-electron chi connectivity index (χ2n) is 2.09. The maximum atomic E-state index is 8.38. The van der Waals surface area contributed by atoms with Gasteiger partial charge in [0.15, 0.2) is 0 Å². The lowest BCUT2D eigenvalue weighted by Gasteiger charge is -2.04. The van der Waals surface area contributed by atoms with E-state index in [9.17, 15) is 0 Å². The highest BCUT2D eigenvalue weighted by Gasteiger charge is 2.07. The molecule has 0 amide bonds. The third-order valence-corrected chi connectivity index (χ3v) is 1.97. The van der Waals surface area contributed by atoms with Crippen molar-refractivity contribution in [1.82, 2.24) is 0 Å². The standard InChI is InChI=1S/C7H7BrN2O/c8-4-5-1-2-7(10-11)6(9)3-5/h1-3,9,11H,4H2/b9-6?,10-7-. The van der Waals surface area contributed by atoms with Crippen LogP contribution in [0.15, 0.2) is 29.0 Å². The smallest absolute Gasteiger partial charge is 0.127 e. The van der Waals surface area contributed by atoms with Crippen molar-refractivity contribution < 1.29 is 5.21 Å². The van der Waals surface area contributed by atoms with Crippen LogP contribution in [0.3, 0.4) is 0 Å². The van der Waals surface area contributed by atoms with Gasteiger partial charge in [-0.25, -0.2) is 0 Å². The number of halogens is 1. The third-order valence-electron chi connectivity index (χ3n) is 1.32. The van der Waals surface area contributed by atoms with Crippen molar-refractivity contribution in [2.45, 2.75) is 0 Å². The first kappa shape index (κ1) is 8.20. The Labute approximate surface area is 72.7 Å². The summed E-state index contributed by atoms with van der Waals surface area (Å²) in [5.41, 5.74) is 1.54. The van der Waals surface area contributed by atoms with E-state index in [-0.39, 0.29) is 5.71 Å². The third kappa shape index (κ3) is 1.77. The van der Waals surface area contributed by atoms with E-state index in [0.29, 0.717) is 11.0 Å². The van der Waals surface area contributed by atoms with Crippen molar-refractivity contribution in [2.24, 2.45) is 5.16 Å². The van der Waals surface area contributed by atoms with Crippen molar-refractivity contribution in [3.63, 3.8) is 0 Å². The lowest BCUT2D eigenvalue weighted by atomic mass is 10.1. The van der Waals surface area contributed by atoms with Crippen molar-refractivity contribution >= 4 is 27.4 Å². The van der Waals surface area contributed by atoms with Crippen LogP contribution >= 0.6 is 15.9 Å². The molecule has 1 rings (SSSR count). The summed E-state index contributed by atoms with van der Waals surface area (Å²) in [7, 11) is 0. The van der Waals surface area contributed by atoms with Crippen LogP contribution in [0.5, 0.6) is 0 Å². The van der Waals surface area contributed by atoms with Gasteiger partial charge in [-0.05, 0) is 17.7 Å². The summed E-state index contributed by atoms with van der Waals surface area (Å²) in [6.45, 7) is 0. The first-order valence-electron chi connectivity index (χ1n) is 3.03. The molecule has 0 aromatic heterocycles. The summed E-state index contributed by atoms with van der Waals surface area (Å²) >= 11 is 3.26. The van der Waals surface area contributed by atoms with Gasteiger partial charge >= 0.3 is 0 Å². The molecule has 3 nitrogen and oxygen atoms in total. The topological polar surface area (TPSA) is 56.4 Å². The van der Waals surface area contributed by atoms with Gasteiger partial charge in [-0.15, -0.1) is 0 Å². The van der Waals surface area contributed by atoms with E-state index in [4.69, 9.17) is 10.6 Å². The summed E-state index contributed by atoms with van der Waals surface area (Å²) in [6.07, 6.45) is 5.07. The summed E-state index contributed by atoms with van der Waals surface area (Å²) in [6, 6.07) is 0. The van der Waals surface area contributed by atoms with E-state index < -0.39 is 0 Å². The molecule has 0 aromatic rings. The Kier molecular flexibility index (Phi) is 2.59. The fourth-order valence-corrected chi connectivity index (χ4v) is 1.10. The minimum atomic E-state index is 0.240. The Morgan fingerprint density at radius 1 is 1.55 bits per heavy atom. The SMILES string of the molecule is N=C1C=C(CBr)C=C/C1=N/O. The van der Waals surface area contributed by atoms with E-state index in [1.54, 1.807) is 12.2 Å². The molecule has 0 bridgehead atoms. The molecule has 0 fully saturated rings. The van der Waals surface area contributed by atoms with Crippen LogP contribution in [0.4, 0.5) is 0 Å². The van der Waals surface area contributed by atoms with E-state index in [0.717, 1.165) is 5.57 Å². The lowest BCUT2D eigenvalue weighted by Crippen LogP contribution is -2.11.